The number of piperidine rings is 1. The number of carbonyl (C=O) groups is 1. The molecule has 1 amide bonds. The van der Waals surface area contributed by atoms with Crippen molar-refractivity contribution in [1.29, 1.82) is 0 Å². The lowest BCUT2D eigenvalue weighted by atomic mass is 10.1. The number of amides is 1. The van der Waals surface area contributed by atoms with Crippen molar-refractivity contribution in [2.24, 2.45) is 0 Å². The molecule has 1 aromatic heterocycles. The van der Waals surface area contributed by atoms with E-state index in [0.717, 1.165) is 37.9 Å². The van der Waals surface area contributed by atoms with Crippen LogP contribution in [-0.2, 0) is 11.3 Å². The lowest BCUT2D eigenvalue weighted by Gasteiger charge is -2.30. The van der Waals surface area contributed by atoms with E-state index < -0.39 is 5.25 Å². The van der Waals surface area contributed by atoms with Gasteiger partial charge in [-0.3, -0.25) is 14.2 Å². The van der Waals surface area contributed by atoms with Crippen LogP contribution in [0, 0.1) is 0 Å². The van der Waals surface area contributed by atoms with Crippen molar-refractivity contribution < 1.29 is 9.90 Å². The maximum atomic E-state index is 13.5. The summed E-state index contributed by atoms with van der Waals surface area (Å²) in [6.07, 6.45) is 3.64. The molecule has 0 aliphatic carbocycles. The normalized spacial score (nSPS) is 15.2. The van der Waals surface area contributed by atoms with E-state index in [0.29, 0.717) is 29.0 Å². The van der Waals surface area contributed by atoms with E-state index in [1.165, 1.54) is 11.8 Å². The van der Waals surface area contributed by atoms with Crippen molar-refractivity contribution >= 4 is 28.6 Å². The lowest BCUT2D eigenvalue weighted by molar-refractivity contribution is -0.131. The first-order valence-electron chi connectivity index (χ1n) is 10.8. The number of hydrogen-bond acceptors (Lipinski definition) is 5. The molecule has 1 fully saturated rings. The maximum absolute atomic E-state index is 13.5. The Morgan fingerprint density at radius 1 is 1.03 bits per heavy atom. The van der Waals surface area contributed by atoms with E-state index in [1.807, 2.05) is 53.4 Å². The van der Waals surface area contributed by atoms with Crippen molar-refractivity contribution in [2.45, 2.75) is 42.6 Å². The highest BCUT2D eigenvalue weighted by Gasteiger charge is 2.29. The van der Waals surface area contributed by atoms with Crippen LogP contribution in [-0.4, -0.2) is 45.2 Å². The first kappa shape index (κ1) is 21.6. The molecule has 1 aliphatic heterocycles. The number of nitrogens with zero attached hydrogens (tertiary/aromatic N) is 3. The standard InChI is InChI=1S/C24H27N3O3S/c28-17-9-16-27-22(29)19-12-5-6-13-20(19)25-24(27)31-21(18-10-3-1-4-11-18)23(30)26-14-7-2-8-15-26/h1,3-6,10-13,21,28H,2,7-9,14-17H2/t21-/m0/s1. The number of thioether (sulfide) groups is 1. The molecule has 0 saturated carbocycles. The molecule has 1 saturated heterocycles. The maximum Gasteiger partial charge on any atom is 0.262 e. The van der Waals surface area contributed by atoms with Crippen LogP contribution in [0.3, 0.4) is 0 Å². The molecule has 1 atom stereocenters. The van der Waals surface area contributed by atoms with E-state index in [-0.39, 0.29) is 18.1 Å². The van der Waals surface area contributed by atoms with Gasteiger partial charge >= 0.3 is 0 Å². The monoisotopic (exact) mass is 437 g/mol. The Kier molecular flexibility index (Phi) is 7.04. The third-order valence-electron chi connectivity index (χ3n) is 5.58. The molecule has 162 valence electrons. The van der Waals surface area contributed by atoms with E-state index in [9.17, 15) is 14.7 Å². The van der Waals surface area contributed by atoms with Gasteiger partial charge in [0.05, 0.1) is 10.9 Å². The average molecular weight is 438 g/mol. The fourth-order valence-electron chi connectivity index (χ4n) is 3.94. The van der Waals surface area contributed by atoms with Gasteiger partial charge in [0.1, 0.15) is 5.25 Å². The van der Waals surface area contributed by atoms with Crippen LogP contribution in [0.2, 0.25) is 0 Å². The Morgan fingerprint density at radius 2 is 1.74 bits per heavy atom. The van der Waals surface area contributed by atoms with Crippen molar-refractivity contribution in [3.63, 3.8) is 0 Å². The summed E-state index contributed by atoms with van der Waals surface area (Å²) in [5.41, 5.74) is 1.38. The minimum atomic E-state index is -0.479. The zero-order chi connectivity index (χ0) is 21.6. The van der Waals surface area contributed by atoms with Crippen molar-refractivity contribution in [1.82, 2.24) is 14.5 Å². The molecule has 4 rings (SSSR count). The molecule has 0 unspecified atom stereocenters. The zero-order valence-electron chi connectivity index (χ0n) is 17.4. The van der Waals surface area contributed by atoms with Gasteiger partial charge < -0.3 is 10.0 Å². The van der Waals surface area contributed by atoms with Crippen LogP contribution in [0.4, 0.5) is 0 Å². The van der Waals surface area contributed by atoms with Gasteiger partial charge in [0, 0.05) is 26.2 Å². The highest BCUT2D eigenvalue weighted by Crippen LogP contribution is 2.36. The summed E-state index contributed by atoms with van der Waals surface area (Å²) in [5, 5.41) is 9.91. The summed E-state index contributed by atoms with van der Waals surface area (Å²) in [4.78, 5) is 33.4. The number of aliphatic hydroxyl groups excluding tert-OH is 1. The number of rotatable bonds is 7. The molecule has 1 aliphatic rings. The minimum absolute atomic E-state index is 0.0157. The van der Waals surface area contributed by atoms with Crippen molar-refractivity contribution in [3.8, 4) is 0 Å². The first-order valence-corrected chi connectivity index (χ1v) is 11.7. The molecule has 0 radical (unpaired) electrons. The Morgan fingerprint density at radius 3 is 2.48 bits per heavy atom. The molecule has 3 aromatic rings. The number of para-hydroxylation sites is 1. The molecule has 1 N–H and O–H groups in total. The summed E-state index contributed by atoms with van der Waals surface area (Å²) in [6, 6.07) is 17.0. The topological polar surface area (TPSA) is 75.4 Å². The Bertz CT molecular complexity index is 1090. The highest BCUT2D eigenvalue weighted by atomic mass is 32.2. The molecule has 2 aromatic carbocycles. The number of hydrogen-bond donors (Lipinski definition) is 1. The fourth-order valence-corrected chi connectivity index (χ4v) is 5.14. The SMILES string of the molecule is O=C([C@@H](Sc1nc2ccccc2c(=O)n1CCCO)c1ccccc1)N1CCCCC1. The second-order valence-corrected chi connectivity index (χ2v) is 8.81. The van der Waals surface area contributed by atoms with Gasteiger partial charge in [-0.15, -0.1) is 0 Å². The quantitative estimate of drug-likeness (QED) is 0.451. The van der Waals surface area contributed by atoms with Gasteiger partial charge in [-0.25, -0.2) is 4.98 Å². The minimum Gasteiger partial charge on any atom is -0.396 e. The van der Waals surface area contributed by atoms with Crippen LogP contribution >= 0.6 is 11.8 Å². The van der Waals surface area contributed by atoms with Gasteiger partial charge in [-0.1, -0.05) is 54.2 Å². The summed E-state index contributed by atoms with van der Waals surface area (Å²) in [7, 11) is 0. The number of carbonyl (C=O) groups excluding carboxylic acids is 1. The molecule has 0 bridgehead atoms. The number of aliphatic hydroxyl groups is 1. The van der Waals surface area contributed by atoms with Crippen LogP contribution in [0.25, 0.3) is 10.9 Å². The predicted molar refractivity (Wildman–Crippen MR) is 123 cm³/mol. The van der Waals surface area contributed by atoms with Gasteiger partial charge in [-0.05, 0) is 43.4 Å². The largest absolute Gasteiger partial charge is 0.396 e. The van der Waals surface area contributed by atoms with E-state index in [1.54, 1.807) is 10.6 Å². The van der Waals surface area contributed by atoms with E-state index in [4.69, 9.17) is 4.98 Å². The average Bonchev–Trinajstić information content (AvgIpc) is 2.83. The predicted octanol–water partition coefficient (Wildman–Crippen LogP) is 3.62. The molecule has 7 heteroatoms. The Labute approximate surface area is 185 Å². The van der Waals surface area contributed by atoms with Crippen molar-refractivity contribution in [3.05, 3.63) is 70.5 Å². The van der Waals surface area contributed by atoms with Gasteiger partial charge in [0.25, 0.3) is 5.56 Å². The molecule has 31 heavy (non-hydrogen) atoms. The summed E-state index contributed by atoms with van der Waals surface area (Å²) in [5.74, 6) is 0.0621. The fraction of sp³-hybridized carbons (Fsp3) is 0.375. The van der Waals surface area contributed by atoms with E-state index in [2.05, 4.69) is 0 Å². The van der Waals surface area contributed by atoms with Gasteiger partial charge in [0.2, 0.25) is 5.91 Å². The Hall–Kier alpha value is -2.64. The van der Waals surface area contributed by atoms with Crippen LogP contribution in [0.1, 0.15) is 36.5 Å². The molecule has 6 nitrogen and oxygen atoms in total. The summed E-state index contributed by atoms with van der Waals surface area (Å²) in [6.45, 7) is 1.88. The summed E-state index contributed by atoms with van der Waals surface area (Å²) >= 11 is 1.33. The third-order valence-corrected chi connectivity index (χ3v) is 6.82. The zero-order valence-corrected chi connectivity index (χ0v) is 18.3. The van der Waals surface area contributed by atoms with Gasteiger partial charge in [-0.2, -0.15) is 0 Å². The molecule has 2 heterocycles. The van der Waals surface area contributed by atoms with Crippen LogP contribution in [0.5, 0.6) is 0 Å². The highest BCUT2D eigenvalue weighted by molar-refractivity contribution is 8.00. The smallest absolute Gasteiger partial charge is 0.262 e. The number of benzene rings is 2. The molecular formula is C24H27N3O3S. The number of likely N-dealkylation sites (tertiary alicyclic amines) is 1. The van der Waals surface area contributed by atoms with Gasteiger partial charge in [0.15, 0.2) is 5.16 Å². The Balaban J connectivity index is 1.76. The molecule has 0 spiro atoms. The second kappa shape index (κ2) is 10.1. The third kappa shape index (κ3) is 4.83. The second-order valence-electron chi connectivity index (χ2n) is 7.74. The lowest BCUT2D eigenvalue weighted by Crippen LogP contribution is -2.38. The summed E-state index contributed by atoms with van der Waals surface area (Å²) < 4.78 is 1.60. The number of aromatic nitrogens is 2. The van der Waals surface area contributed by atoms with Crippen LogP contribution in [0.15, 0.2) is 64.5 Å². The van der Waals surface area contributed by atoms with E-state index >= 15 is 0 Å². The molecular weight excluding hydrogens is 410 g/mol. The first-order chi connectivity index (χ1) is 15.2. The van der Waals surface area contributed by atoms with Crippen molar-refractivity contribution in [2.75, 3.05) is 19.7 Å². The van der Waals surface area contributed by atoms with Crippen LogP contribution < -0.4 is 5.56 Å². The number of fused-ring (bicyclic) bond motifs is 1.